The lowest BCUT2D eigenvalue weighted by Crippen LogP contribution is -2.18. The fourth-order valence-electron chi connectivity index (χ4n) is 1.55. The van der Waals surface area contributed by atoms with Crippen LogP contribution < -0.4 is 11.1 Å². The number of primary amides is 1. The topological polar surface area (TPSA) is 85.1 Å². The van der Waals surface area contributed by atoms with Gasteiger partial charge in [-0.15, -0.1) is 0 Å². The maximum absolute atomic E-state index is 13.6. The summed E-state index contributed by atoms with van der Waals surface area (Å²) in [6.07, 6.45) is 0. The number of carbonyl (C=O) groups is 2. The molecule has 0 spiro atoms. The second kappa shape index (κ2) is 5.96. The van der Waals surface area contributed by atoms with Crippen LogP contribution in [0.5, 0.6) is 0 Å². The van der Waals surface area contributed by atoms with Gasteiger partial charge in [-0.05, 0) is 34.1 Å². The molecule has 3 N–H and O–H groups in total. The van der Waals surface area contributed by atoms with Crippen molar-refractivity contribution in [1.29, 1.82) is 0 Å². The molecule has 0 saturated carbocycles. The molecule has 2 amide bonds. The molecule has 1 heterocycles. The van der Waals surface area contributed by atoms with Crippen LogP contribution in [0.2, 0.25) is 0 Å². The molecule has 5 nitrogen and oxygen atoms in total. The number of halogens is 3. The molecule has 0 radical (unpaired) electrons. The fourth-order valence-corrected chi connectivity index (χ4v) is 1.90. The van der Waals surface area contributed by atoms with Crippen molar-refractivity contribution < 1.29 is 18.4 Å². The summed E-state index contributed by atoms with van der Waals surface area (Å²) in [6, 6.07) is 5.91. The van der Waals surface area contributed by atoms with Crippen molar-refractivity contribution in [3.8, 4) is 0 Å². The summed E-state index contributed by atoms with van der Waals surface area (Å²) in [5, 5.41) is 2.20. The number of benzene rings is 1. The number of hydrogen-bond acceptors (Lipinski definition) is 3. The van der Waals surface area contributed by atoms with Crippen molar-refractivity contribution in [1.82, 2.24) is 4.98 Å². The lowest BCUT2D eigenvalue weighted by molar-refractivity contribution is 0.0991. The summed E-state index contributed by atoms with van der Waals surface area (Å²) >= 11 is 3.09. The Kier molecular flexibility index (Phi) is 4.27. The predicted octanol–water partition coefficient (Wildman–Crippen LogP) is 2.47. The van der Waals surface area contributed by atoms with E-state index in [1.807, 2.05) is 0 Å². The number of anilines is 1. The summed E-state index contributed by atoms with van der Waals surface area (Å²) < 4.78 is 27.4. The highest BCUT2D eigenvalue weighted by molar-refractivity contribution is 9.10. The van der Waals surface area contributed by atoms with E-state index < -0.39 is 29.0 Å². The first-order valence-electron chi connectivity index (χ1n) is 5.61. The van der Waals surface area contributed by atoms with Gasteiger partial charge in [0.25, 0.3) is 11.8 Å². The van der Waals surface area contributed by atoms with Crippen molar-refractivity contribution in [3.05, 3.63) is 57.8 Å². The third kappa shape index (κ3) is 3.40. The number of amides is 2. The Bertz CT molecular complexity index is 737. The molecule has 2 rings (SSSR count). The molecule has 0 atom stereocenters. The van der Waals surface area contributed by atoms with E-state index >= 15 is 0 Å². The molecular weight excluding hydrogens is 348 g/mol. The first-order valence-corrected chi connectivity index (χ1v) is 6.40. The summed E-state index contributed by atoms with van der Waals surface area (Å²) in [7, 11) is 0. The quantitative estimate of drug-likeness (QED) is 0.829. The first kappa shape index (κ1) is 15.0. The van der Waals surface area contributed by atoms with Gasteiger partial charge in [0.05, 0.1) is 11.3 Å². The van der Waals surface area contributed by atoms with Crippen LogP contribution in [0.1, 0.15) is 20.8 Å². The molecule has 21 heavy (non-hydrogen) atoms. The van der Waals surface area contributed by atoms with Gasteiger partial charge in [-0.1, -0.05) is 6.07 Å². The molecule has 0 unspecified atom stereocenters. The van der Waals surface area contributed by atoms with Crippen LogP contribution in [-0.4, -0.2) is 16.8 Å². The minimum atomic E-state index is -1.10. The van der Waals surface area contributed by atoms with E-state index in [9.17, 15) is 18.4 Å². The van der Waals surface area contributed by atoms with Crippen LogP contribution in [0.4, 0.5) is 14.5 Å². The Morgan fingerprint density at radius 3 is 2.52 bits per heavy atom. The van der Waals surface area contributed by atoms with Crippen molar-refractivity contribution >= 4 is 33.4 Å². The highest BCUT2D eigenvalue weighted by Crippen LogP contribution is 2.20. The van der Waals surface area contributed by atoms with Crippen molar-refractivity contribution in [2.75, 3.05) is 5.32 Å². The Labute approximate surface area is 126 Å². The number of nitrogens with two attached hydrogens (primary N) is 1. The molecular formula is C13H8BrF2N3O2. The highest BCUT2D eigenvalue weighted by Gasteiger charge is 2.16. The summed E-state index contributed by atoms with van der Waals surface area (Å²) in [6.45, 7) is 0. The maximum atomic E-state index is 13.6. The zero-order valence-corrected chi connectivity index (χ0v) is 11.9. The van der Waals surface area contributed by atoms with Crippen LogP contribution in [0, 0.1) is 11.6 Å². The smallest absolute Gasteiger partial charge is 0.274 e. The molecule has 0 bridgehead atoms. The summed E-state index contributed by atoms with van der Waals surface area (Å²) in [5.74, 6) is -3.90. The molecule has 108 valence electrons. The van der Waals surface area contributed by atoms with Gasteiger partial charge >= 0.3 is 0 Å². The van der Waals surface area contributed by atoms with E-state index in [2.05, 4.69) is 26.2 Å². The van der Waals surface area contributed by atoms with Gasteiger partial charge in [-0.3, -0.25) is 9.59 Å². The minimum Gasteiger partial charge on any atom is -0.366 e. The van der Waals surface area contributed by atoms with Gasteiger partial charge in [0, 0.05) is 6.07 Å². The minimum absolute atomic E-state index is 0.0220. The number of nitrogens with zero attached hydrogens (tertiary/aromatic N) is 1. The van der Waals surface area contributed by atoms with E-state index in [1.54, 1.807) is 12.1 Å². The Morgan fingerprint density at radius 2 is 1.90 bits per heavy atom. The fraction of sp³-hybridized carbons (Fsp3) is 0. The van der Waals surface area contributed by atoms with Crippen molar-refractivity contribution in [3.63, 3.8) is 0 Å². The van der Waals surface area contributed by atoms with E-state index in [-0.39, 0.29) is 11.4 Å². The number of hydrogen-bond donors (Lipinski definition) is 2. The second-order valence-electron chi connectivity index (χ2n) is 3.98. The zero-order valence-electron chi connectivity index (χ0n) is 10.4. The number of nitrogens with one attached hydrogen (secondary N) is 1. The van der Waals surface area contributed by atoms with Crippen LogP contribution in [-0.2, 0) is 0 Å². The van der Waals surface area contributed by atoms with Crippen LogP contribution in [0.25, 0.3) is 0 Å². The molecule has 1 aromatic carbocycles. The van der Waals surface area contributed by atoms with Gasteiger partial charge < -0.3 is 11.1 Å². The van der Waals surface area contributed by atoms with Crippen LogP contribution >= 0.6 is 15.9 Å². The molecule has 1 aromatic heterocycles. The Balaban J connectivity index is 2.33. The average Bonchev–Trinajstić information content (AvgIpc) is 2.41. The monoisotopic (exact) mass is 355 g/mol. The standard InChI is InChI=1S/C13H8BrF2N3O2/c14-11-3-1-2-9(18-11)13(21)19-10-4-6(12(17)20)7(15)5-8(10)16/h1-5H,(H2,17,20)(H,19,21). The average molecular weight is 356 g/mol. The maximum Gasteiger partial charge on any atom is 0.274 e. The number of pyridine rings is 1. The van der Waals surface area contributed by atoms with Gasteiger partial charge in [0.15, 0.2) is 0 Å². The molecule has 0 aliphatic heterocycles. The van der Waals surface area contributed by atoms with Gasteiger partial charge in [0.2, 0.25) is 0 Å². The Hall–Kier alpha value is -2.35. The van der Waals surface area contributed by atoms with E-state index in [4.69, 9.17) is 5.73 Å². The van der Waals surface area contributed by atoms with Gasteiger partial charge in [-0.2, -0.15) is 0 Å². The number of carbonyl (C=O) groups excluding carboxylic acids is 2. The normalized spacial score (nSPS) is 10.2. The van der Waals surface area contributed by atoms with Crippen molar-refractivity contribution in [2.24, 2.45) is 5.73 Å². The molecule has 2 aromatic rings. The SMILES string of the molecule is NC(=O)c1cc(NC(=O)c2cccc(Br)n2)c(F)cc1F. The Morgan fingerprint density at radius 1 is 1.19 bits per heavy atom. The molecule has 0 aliphatic carbocycles. The van der Waals surface area contributed by atoms with E-state index in [0.717, 1.165) is 6.07 Å². The molecule has 0 fully saturated rings. The lowest BCUT2D eigenvalue weighted by atomic mass is 10.1. The van der Waals surface area contributed by atoms with Crippen LogP contribution in [0.15, 0.2) is 34.9 Å². The molecule has 0 aliphatic rings. The van der Waals surface area contributed by atoms with Crippen molar-refractivity contribution in [2.45, 2.75) is 0 Å². The van der Waals surface area contributed by atoms with E-state index in [0.29, 0.717) is 10.7 Å². The highest BCUT2D eigenvalue weighted by atomic mass is 79.9. The lowest BCUT2D eigenvalue weighted by Gasteiger charge is -2.08. The number of rotatable bonds is 3. The number of aromatic nitrogens is 1. The summed E-state index contributed by atoms with van der Waals surface area (Å²) in [5.41, 5.74) is 4.10. The third-order valence-corrected chi connectivity index (χ3v) is 2.96. The zero-order chi connectivity index (χ0) is 15.6. The molecule has 0 saturated heterocycles. The third-order valence-electron chi connectivity index (χ3n) is 2.52. The largest absolute Gasteiger partial charge is 0.366 e. The van der Waals surface area contributed by atoms with Crippen LogP contribution in [0.3, 0.4) is 0 Å². The molecule has 8 heteroatoms. The summed E-state index contributed by atoms with van der Waals surface area (Å²) in [4.78, 5) is 26.8. The van der Waals surface area contributed by atoms with Gasteiger partial charge in [-0.25, -0.2) is 13.8 Å². The predicted molar refractivity (Wildman–Crippen MR) is 74.8 cm³/mol. The van der Waals surface area contributed by atoms with E-state index in [1.165, 1.54) is 6.07 Å². The second-order valence-corrected chi connectivity index (χ2v) is 4.79. The first-order chi connectivity index (χ1) is 9.88. The van der Waals surface area contributed by atoms with Gasteiger partial charge in [0.1, 0.15) is 21.9 Å².